The number of benzene rings is 2. The van der Waals surface area contributed by atoms with E-state index in [4.69, 9.17) is 0 Å². The van der Waals surface area contributed by atoms with Crippen LogP contribution >= 0.6 is 11.8 Å². The van der Waals surface area contributed by atoms with Crippen LogP contribution in [0.3, 0.4) is 0 Å². The number of nitrogens with one attached hydrogen (secondary N) is 2. The number of thioether (sulfide) groups is 1. The molecule has 7 nitrogen and oxygen atoms in total. The lowest BCUT2D eigenvalue weighted by Gasteiger charge is -2.09. The molecule has 0 bridgehead atoms. The van der Waals surface area contributed by atoms with Gasteiger partial charge in [0.05, 0.1) is 18.1 Å². The van der Waals surface area contributed by atoms with E-state index in [1.165, 1.54) is 0 Å². The van der Waals surface area contributed by atoms with Crippen LogP contribution in [0.2, 0.25) is 0 Å². The van der Waals surface area contributed by atoms with E-state index in [0.29, 0.717) is 18.7 Å². The summed E-state index contributed by atoms with van der Waals surface area (Å²) in [7, 11) is 0. The number of carbonyl (C=O) groups excluding carboxylic acids is 1. The molecular weight excluding hydrogens is 432 g/mol. The lowest BCUT2D eigenvalue weighted by Crippen LogP contribution is -2.27. The van der Waals surface area contributed by atoms with Gasteiger partial charge in [-0.1, -0.05) is 68.1 Å². The highest BCUT2D eigenvalue weighted by Crippen LogP contribution is 2.24. The van der Waals surface area contributed by atoms with Crippen molar-refractivity contribution < 1.29 is 4.79 Å². The summed E-state index contributed by atoms with van der Waals surface area (Å²) in [5, 5.41) is 12.5. The van der Waals surface area contributed by atoms with Gasteiger partial charge in [-0.05, 0) is 35.4 Å². The third kappa shape index (κ3) is 5.51. The first-order valence-electron chi connectivity index (χ1n) is 11.2. The molecule has 0 atom stereocenters. The van der Waals surface area contributed by atoms with Crippen molar-refractivity contribution >= 4 is 34.5 Å². The van der Waals surface area contributed by atoms with E-state index in [9.17, 15) is 4.79 Å². The maximum atomic E-state index is 12.6. The predicted molar refractivity (Wildman–Crippen MR) is 135 cm³/mol. The Balaban J connectivity index is 1.42. The van der Waals surface area contributed by atoms with Crippen LogP contribution in [-0.4, -0.2) is 44.5 Å². The van der Waals surface area contributed by atoms with Gasteiger partial charge in [0.1, 0.15) is 5.82 Å². The van der Waals surface area contributed by atoms with Crippen LogP contribution in [0.4, 0.5) is 5.82 Å². The van der Waals surface area contributed by atoms with Crippen LogP contribution in [0, 0.1) is 0 Å². The fourth-order valence-electron chi connectivity index (χ4n) is 3.49. The zero-order valence-corrected chi connectivity index (χ0v) is 19.7. The number of hydrogen-bond donors (Lipinski definition) is 2. The predicted octanol–water partition coefficient (Wildman–Crippen LogP) is 4.86. The summed E-state index contributed by atoms with van der Waals surface area (Å²) in [5.74, 6) is 1.60. The molecule has 0 spiro atoms. The molecule has 1 amide bonds. The molecule has 0 unspecified atom stereocenters. The summed E-state index contributed by atoms with van der Waals surface area (Å²) in [6.45, 7) is 6.02. The van der Waals surface area contributed by atoms with Gasteiger partial charge in [0, 0.05) is 18.7 Å². The van der Waals surface area contributed by atoms with Crippen molar-refractivity contribution in [2.24, 2.45) is 0 Å². The SMILES string of the molecule is CCCNc1nc(SCC)nc2c1cnn2CCNC(=O)c1ccc(-c2ccccc2)cc1. The minimum Gasteiger partial charge on any atom is -0.369 e. The second-order valence-electron chi connectivity index (χ2n) is 7.52. The molecule has 0 saturated carbocycles. The molecule has 170 valence electrons. The third-order valence-electron chi connectivity index (χ3n) is 5.15. The van der Waals surface area contributed by atoms with Gasteiger partial charge in [0.25, 0.3) is 5.91 Å². The van der Waals surface area contributed by atoms with Gasteiger partial charge >= 0.3 is 0 Å². The first-order chi connectivity index (χ1) is 16.2. The highest BCUT2D eigenvalue weighted by molar-refractivity contribution is 7.99. The van der Waals surface area contributed by atoms with Crippen molar-refractivity contribution in [1.29, 1.82) is 0 Å². The smallest absolute Gasteiger partial charge is 0.251 e. The molecule has 2 aromatic carbocycles. The fourth-order valence-corrected chi connectivity index (χ4v) is 4.06. The number of hydrogen-bond acceptors (Lipinski definition) is 6. The van der Waals surface area contributed by atoms with Gasteiger partial charge in [-0.2, -0.15) is 5.10 Å². The molecule has 0 aliphatic heterocycles. The highest BCUT2D eigenvalue weighted by Gasteiger charge is 2.13. The molecule has 33 heavy (non-hydrogen) atoms. The van der Waals surface area contributed by atoms with E-state index in [2.05, 4.69) is 51.7 Å². The molecule has 4 rings (SSSR count). The van der Waals surface area contributed by atoms with E-state index in [1.54, 1.807) is 18.0 Å². The molecule has 4 aromatic rings. The van der Waals surface area contributed by atoms with E-state index in [0.717, 1.165) is 51.9 Å². The topological polar surface area (TPSA) is 84.7 Å². The normalized spacial score (nSPS) is 11.0. The molecule has 0 aliphatic rings. The number of aromatic nitrogens is 4. The van der Waals surface area contributed by atoms with Gasteiger partial charge in [0.2, 0.25) is 0 Å². The van der Waals surface area contributed by atoms with E-state index in [-0.39, 0.29) is 5.91 Å². The van der Waals surface area contributed by atoms with Crippen molar-refractivity contribution in [3.63, 3.8) is 0 Å². The zero-order chi connectivity index (χ0) is 23.0. The van der Waals surface area contributed by atoms with Crippen LogP contribution in [0.1, 0.15) is 30.6 Å². The van der Waals surface area contributed by atoms with Crippen LogP contribution < -0.4 is 10.6 Å². The second-order valence-corrected chi connectivity index (χ2v) is 8.75. The van der Waals surface area contributed by atoms with Gasteiger partial charge in [-0.15, -0.1) is 0 Å². The summed E-state index contributed by atoms with van der Waals surface area (Å²) in [5.41, 5.74) is 3.63. The molecule has 0 radical (unpaired) electrons. The van der Waals surface area contributed by atoms with Crippen LogP contribution in [-0.2, 0) is 6.54 Å². The molecule has 0 aliphatic carbocycles. The average molecular weight is 461 g/mol. The Morgan fingerprint density at radius 1 is 0.970 bits per heavy atom. The van der Waals surface area contributed by atoms with Crippen molar-refractivity contribution in [3.05, 3.63) is 66.4 Å². The van der Waals surface area contributed by atoms with Crippen LogP contribution in [0.5, 0.6) is 0 Å². The monoisotopic (exact) mass is 460 g/mol. The first kappa shape index (κ1) is 22.8. The highest BCUT2D eigenvalue weighted by atomic mass is 32.2. The van der Waals surface area contributed by atoms with Gasteiger partial charge < -0.3 is 10.6 Å². The number of fused-ring (bicyclic) bond motifs is 1. The third-order valence-corrected chi connectivity index (χ3v) is 5.88. The molecule has 2 heterocycles. The molecule has 0 fully saturated rings. The molecular formula is C25H28N6OS. The Kier molecular flexibility index (Phi) is 7.57. The van der Waals surface area contributed by atoms with Crippen molar-refractivity contribution in [2.75, 3.05) is 24.2 Å². The average Bonchev–Trinajstić information content (AvgIpc) is 3.26. The first-order valence-corrected chi connectivity index (χ1v) is 12.2. The van der Waals surface area contributed by atoms with Crippen molar-refractivity contribution in [1.82, 2.24) is 25.1 Å². The lowest BCUT2D eigenvalue weighted by atomic mass is 10.0. The van der Waals surface area contributed by atoms with Crippen molar-refractivity contribution in [2.45, 2.75) is 32.0 Å². The van der Waals surface area contributed by atoms with Crippen molar-refractivity contribution in [3.8, 4) is 11.1 Å². The zero-order valence-electron chi connectivity index (χ0n) is 18.9. The fraction of sp³-hybridized carbons (Fsp3) is 0.280. The maximum Gasteiger partial charge on any atom is 0.251 e. The number of rotatable bonds is 10. The Hall–Kier alpha value is -3.39. The standard InChI is InChI=1S/C25H28N6OS/c1-3-14-26-22-21-17-28-31(23(21)30-25(29-22)33-4-2)16-15-27-24(32)20-12-10-19(11-13-20)18-8-6-5-7-9-18/h5-13,17H,3-4,14-16H2,1-2H3,(H,27,32)(H,26,29,30). The summed E-state index contributed by atoms with van der Waals surface area (Å²) in [6.07, 6.45) is 2.80. The van der Waals surface area contributed by atoms with Gasteiger partial charge in [0.15, 0.2) is 10.8 Å². The minimum atomic E-state index is -0.103. The number of carbonyl (C=O) groups is 1. The van der Waals surface area contributed by atoms with E-state index < -0.39 is 0 Å². The maximum absolute atomic E-state index is 12.6. The van der Waals surface area contributed by atoms with E-state index in [1.807, 2.05) is 47.1 Å². The summed E-state index contributed by atoms with van der Waals surface area (Å²) in [6, 6.07) is 17.8. The number of anilines is 1. The number of nitrogens with zero attached hydrogens (tertiary/aromatic N) is 4. The molecule has 2 aromatic heterocycles. The largest absolute Gasteiger partial charge is 0.369 e. The Bertz CT molecular complexity index is 1210. The summed E-state index contributed by atoms with van der Waals surface area (Å²) >= 11 is 1.60. The molecule has 0 saturated heterocycles. The molecule has 2 N–H and O–H groups in total. The summed E-state index contributed by atoms with van der Waals surface area (Å²) < 4.78 is 1.83. The van der Waals surface area contributed by atoms with Crippen LogP contribution in [0.25, 0.3) is 22.2 Å². The van der Waals surface area contributed by atoms with Gasteiger partial charge in [-0.25, -0.2) is 14.6 Å². The van der Waals surface area contributed by atoms with Crippen LogP contribution in [0.15, 0.2) is 66.0 Å². The van der Waals surface area contributed by atoms with Gasteiger partial charge in [-0.3, -0.25) is 4.79 Å². The Morgan fingerprint density at radius 3 is 2.45 bits per heavy atom. The number of amides is 1. The second kappa shape index (κ2) is 11.0. The summed E-state index contributed by atoms with van der Waals surface area (Å²) in [4.78, 5) is 21.9. The Labute approximate surface area is 198 Å². The van der Waals surface area contributed by atoms with E-state index >= 15 is 0 Å². The molecule has 8 heteroatoms. The minimum absolute atomic E-state index is 0.103. The quantitative estimate of drug-likeness (QED) is 0.260. The Morgan fingerprint density at radius 2 is 1.73 bits per heavy atom. The lowest BCUT2D eigenvalue weighted by molar-refractivity contribution is 0.0952.